The van der Waals surface area contributed by atoms with Crippen molar-refractivity contribution in [1.29, 1.82) is 0 Å². The Kier molecular flexibility index (Phi) is 6.71. The first-order valence-corrected chi connectivity index (χ1v) is 9.82. The van der Waals surface area contributed by atoms with Crippen LogP contribution in [0.15, 0.2) is 36.4 Å². The Bertz CT molecular complexity index is 967. The van der Waals surface area contributed by atoms with Gasteiger partial charge in [0.25, 0.3) is 23.6 Å². The van der Waals surface area contributed by atoms with E-state index in [9.17, 15) is 28.8 Å². The van der Waals surface area contributed by atoms with Crippen LogP contribution in [0.25, 0.3) is 0 Å². The smallest absolute Gasteiger partial charge is 0.276 e. The van der Waals surface area contributed by atoms with Gasteiger partial charge in [-0.2, -0.15) is 5.06 Å². The van der Waals surface area contributed by atoms with Gasteiger partial charge < -0.3 is 5.32 Å². The molecule has 0 aromatic heterocycles. The van der Waals surface area contributed by atoms with E-state index in [0.717, 1.165) is 4.90 Å². The largest absolute Gasteiger partial charge is 0.344 e. The summed E-state index contributed by atoms with van der Waals surface area (Å²) in [4.78, 5) is 71.6. The van der Waals surface area contributed by atoms with Gasteiger partial charge in [-0.3, -0.25) is 34.0 Å². The summed E-state index contributed by atoms with van der Waals surface area (Å²) in [5.41, 5.74) is 0.727. The van der Waals surface area contributed by atoms with Crippen LogP contribution in [0.1, 0.15) is 48.9 Å². The highest BCUT2D eigenvalue weighted by molar-refractivity contribution is 6.28. The molecular weight excluding hydrogens is 406 g/mol. The standard InChI is InChI=1S/C21H21N3O7/c25-16(13-5-4-6-14(11-13)23-18(27)9-10-19(23)28)7-2-1-3-8-17(26)22-15-12-20(29)24(31)21(15)30/h4-6,9-11,15,31H,1-3,7-8,12H2,(H,22,26). The van der Waals surface area contributed by atoms with E-state index >= 15 is 0 Å². The molecule has 1 saturated heterocycles. The van der Waals surface area contributed by atoms with Crippen molar-refractivity contribution in [2.45, 2.75) is 44.6 Å². The Morgan fingerprint density at radius 1 is 1.00 bits per heavy atom. The van der Waals surface area contributed by atoms with E-state index in [4.69, 9.17) is 5.21 Å². The third-order valence-corrected chi connectivity index (χ3v) is 5.00. The molecule has 0 spiro atoms. The predicted octanol–water partition coefficient (Wildman–Crippen LogP) is 0.882. The number of Topliss-reactive ketones (excluding diaryl/α,β-unsaturated/α-hetero) is 1. The van der Waals surface area contributed by atoms with E-state index in [2.05, 4.69) is 5.32 Å². The molecule has 0 radical (unpaired) electrons. The SMILES string of the molecule is O=C(CCCCCC(=O)c1cccc(N2C(=O)C=CC2=O)c1)NC1CC(=O)N(O)C1=O. The van der Waals surface area contributed by atoms with Crippen LogP contribution in [0, 0.1) is 0 Å². The van der Waals surface area contributed by atoms with Gasteiger partial charge in [0, 0.05) is 30.6 Å². The van der Waals surface area contributed by atoms with Gasteiger partial charge in [0.05, 0.1) is 12.1 Å². The van der Waals surface area contributed by atoms with Gasteiger partial charge in [0.2, 0.25) is 5.91 Å². The number of nitrogens with one attached hydrogen (secondary N) is 1. The van der Waals surface area contributed by atoms with Crippen molar-refractivity contribution in [2.24, 2.45) is 0 Å². The van der Waals surface area contributed by atoms with E-state index < -0.39 is 35.6 Å². The average Bonchev–Trinajstić information content (AvgIpc) is 3.20. The molecule has 10 nitrogen and oxygen atoms in total. The summed E-state index contributed by atoms with van der Waals surface area (Å²) in [5.74, 6) is -3.07. The molecule has 3 rings (SSSR count). The minimum absolute atomic E-state index is 0.0115. The molecule has 2 heterocycles. The zero-order valence-corrected chi connectivity index (χ0v) is 16.6. The summed E-state index contributed by atoms with van der Waals surface area (Å²) < 4.78 is 0. The van der Waals surface area contributed by atoms with Crippen LogP contribution in [0.5, 0.6) is 0 Å². The summed E-state index contributed by atoms with van der Waals surface area (Å²) in [6.07, 6.45) is 4.05. The average molecular weight is 427 g/mol. The highest BCUT2D eigenvalue weighted by Gasteiger charge is 2.38. The fraction of sp³-hybridized carbons (Fsp3) is 0.333. The number of ketones is 1. The summed E-state index contributed by atoms with van der Waals surface area (Å²) in [6.45, 7) is 0. The molecule has 0 bridgehead atoms. The number of carbonyl (C=O) groups excluding carboxylic acids is 6. The summed E-state index contributed by atoms with van der Waals surface area (Å²) in [5, 5.41) is 11.6. The monoisotopic (exact) mass is 427 g/mol. The number of carbonyl (C=O) groups is 6. The van der Waals surface area contributed by atoms with Gasteiger partial charge in [-0.1, -0.05) is 18.6 Å². The number of benzene rings is 1. The molecule has 5 amide bonds. The van der Waals surface area contributed by atoms with Crippen molar-refractivity contribution in [3.05, 3.63) is 42.0 Å². The van der Waals surface area contributed by atoms with E-state index in [1.807, 2.05) is 0 Å². The van der Waals surface area contributed by atoms with Gasteiger partial charge in [-0.15, -0.1) is 0 Å². The highest BCUT2D eigenvalue weighted by Crippen LogP contribution is 2.21. The van der Waals surface area contributed by atoms with Crippen LogP contribution >= 0.6 is 0 Å². The molecular formula is C21H21N3O7. The van der Waals surface area contributed by atoms with Gasteiger partial charge in [-0.05, 0) is 25.0 Å². The normalized spacial score (nSPS) is 18.3. The fourth-order valence-electron chi connectivity index (χ4n) is 3.36. The molecule has 1 fully saturated rings. The third-order valence-electron chi connectivity index (χ3n) is 5.00. The Morgan fingerprint density at radius 2 is 1.68 bits per heavy atom. The van der Waals surface area contributed by atoms with Crippen molar-refractivity contribution in [1.82, 2.24) is 10.4 Å². The van der Waals surface area contributed by atoms with Crippen molar-refractivity contribution in [2.75, 3.05) is 4.90 Å². The maximum Gasteiger partial charge on any atom is 0.276 e. The maximum atomic E-state index is 12.4. The highest BCUT2D eigenvalue weighted by atomic mass is 16.5. The van der Waals surface area contributed by atoms with Crippen LogP contribution < -0.4 is 10.2 Å². The van der Waals surface area contributed by atoms with Crippen molar-refractivity contribution < 1.29 is 34.0 Å². The van der Waals surface area contributed by atoms with E-state index in [1.165, 1.54) is 18.2 Å². The third kappa shape index (κ3) is 5.10. The van der Waals surface area contributed by atoms with Crippen LogP contribution in [-0.4, -0.2) is 51.6 Å². The second-order valence-corrected chi connectivity index (χ2v) is 7.25. The molecule has 162 valence electrons. The maximum absolute atomic E-state index is 12.4. The fourth-order valence-corrected chi connectivity index (χ4v) is 3.36. The first-order valence-electron chi connectivity index (χ1n) is 9.82. The lowest BCUT2D eigenvalue weighted by Gasteiger charge is -2.14. The number of hydroxylamine groups is 2. The van der Waals surface area contributed by atoms with Crippen molar-refractivity contribution >= 4 is 41.0 Å². The molecule has 1 unspecified atom stereocenters. The number of nitrogens with zero attached hydrogens (tertiary/aromatic N) is 2. The number of rotatable bonds is 9. The molecule has 31 heavy (non-hydrogen) atoms. The molecule has 10 heteroatoms. The number of hydrogen-bond donors (Lipinski definition) is 2. The molecule has 0 saturated carbocycles. The molecule has 1 atom stereocenters. The van der Waals surface area contributed by atoms with Gasteiger partial charge in [0.15, 0.2) is 5.78 Å². The minimum atomic E-state index is -1.04. The molecule has 2 aliphatic rings. The summed E-state index contributed by atoms with van der Waals surface area (Å²) in [7, 11) is 0. The molecule has 2 aliphatic heterocycles. The van der Waals surface area contributed by atoms with Gasteiger partial charge in [0.1, 0.15) is 6.04 Å². The Labute approximate surface area is 177 Å². The quantitative estimate of drug-likeness (QED) is 0.258. The Balaban J connectivity index is 1.40. The number of unbranched alkanes of at least 4 members (excludes halogenated alkanes) is 2. The second kappa shape index (κ2) is 9.43. The van der Waals surface area contributed by atoms with E-state index in [1.54, 1.807) is 18.2 Å². The van der Waals surface area contributed by atoms with Gasteiger partial charge >= 0.3 is 0 Å². The van der Waals surface area contributed by atoms with E-state index in [-0.39, 0.29) is 30.1 Å². The molecule has 1 aromatic rings. The van der Waals surface area contributed by atoms with Crippen molar-refractivity contribution in [3.63, 3.8) is 0 Å². The van der Waals surface area contributed by atoms with Crippen LogP contribution in [0.2, 0.25) is 0 Å². The first-order chi connectivity index (χ1) is 14.8. The zero-order chi connectivity index (χ0) is 22.5. The topological polar surface area (TPSA) is 141 Å². The number of imide groups is 2. The lowest BCUT2D eigenvalue weighted by atomic mass is 10.0. The molecule has 0 aliphatic carbocycles. The lowest BCUT2D eigenvalue weighted by molar-refractivity contribution is -0.171. The predicted molar refractivity (Wildman–Crippen MR) is 106 cm³/mol. The summed E-state index contributed by atoms with van der Waals surface area (Å²) in [6, 6.07) is 5.26. The van der Waals surface area contributed by atoms with Crippen LogP contribution in [0.3, 0.4) is 0 Å². The minimum Gasteiger partial charge on any atom is -0.344 e. The molecule has 1 aromatic carbocycles. The Hall–Kier alpha value is -3.66. The van der Waals surface area contributed by atoms with E-state index in [0.29, 0.717) is 30.5 Å². The number of hydrogen-bond acceptors (Lipinski definition) is 7. The zero-order valence-electron chi connectivity index (χ0n) is 16.6. The van der Waals surface area contributed by atoms with Crippen molar-refractivity contribution in [3.8, 4) is 0 Å². The second-order valence-electron chi connectivity index (χ2n) is 7.25. The van der Waals surface area contributed by atoms with Crippen LogP contribution in [0.4, 0.5) is 5.69 Å². The molecule has 2 N–H and O–H groups in total. The van der Waals surface area contributed by atoms with Gasteiger partial charge in [-0.25, -0.2) is 4.90 Å². The van der Waals surface area contributed by atoms with Crippen LogP contribution in [-0.2, 0) is 24.0 Å². The number of amides is 5. The first kappa shape index (κ1) is 22.0. The summed E-state index contributed by atoms with van der Waals surface area (Å²) >= 11 is 0. The number of anilines is 1. The lowest BCUT2D eigenvalue weighted by Crippen LogP contribution is -2.40. The Morgan fingerprint density at radius 3 is 2.32 bits per heavy atom.